The number of hydrogen-bond donors (Lipinski definition) is 0. The van der Waals surface area contributed by atoms with E-state index < -0.39 is 0 Å². The van der Waals surface area contributed by atoms with Crippen LogP contribution in [0, 0.1) is 0 Å². The van der Waals surface area contributed by atoms with Gasteiger partial charge in [-0.25, -0.2) is 0 Å². The first-order valence-corrected chi connectivity index (χ1v) is 8.86. The summed E-state index contributed by atoms with van der Waals surface area (Å²) in [7, 11) is 3.39. The number of rotatable bonds is 5. The van der Waals surface area contributed by atoms with Crippen LogP contribution in [0.4, 0.5) is 0 Å². The molecule has 0 radical (unpaired) electrons. The lowest BCUT2D eigenvalue weighted by atomic mass is 10.0. The summed E-state index contributed by atoms with van der Waals surface area (Å²) in [6.07, 6.45) is 2.03. The lowest BCUT2D eigenvalue weighted by molar-refractivity contribution is 0.391. The number of aromatic nitrogens is 1. The van der Waals surface area contributed by atoms with E-state index in [0.717, 1.165) is 39.6 Å². The zero-order chi connectivity index (χ0) is 18.6. The van der Waals surface area contributed by atoms with Crippen molar-refractivity contribution in [3.63, 3.8) is 0 Å². The van der Waals surface area contributed by atoms with E-state index in [4.69, 9.17) is 9.47 Å². The average Bonchev–Trinajstić information content (AvgIpc) is 3.23. The van der Waals surface area contributed by atoms with E-state index in [0.29, 0.717) is 0 Å². The molecule has 0 unspecified atom stereocenters. The van der Waals surface area contributed by atoms with Gasteiger partial charge in [-0.15, -0.1) is 0 Å². The molecular formula is C24H21NO2. The van der Waals surface area contributed by atoms with E-state index in [1.807, 2.05) is 48.7 Å². The van der Waals surface area contributed by atoms with Gasteiger partial charge in [-0.3, -0.25) is 0 Å². The molecule has 0 aliphatic carbocycles. The summed E-state index contributed by atoms with van der Waals surface area (Å²) >= 11 is 0. The molecule has 27 heavy (non-hydrogen) atoms. The third-order valence-electron chi connectivity index (χ3n) is 4.65. The van der Waals surface area contributed by atoms with Gasteiger partial charge < -0.3 is 14.0 Å². The Labute approximate surface area is 159 Å². The molecule has 3 aromatic carbocycles. The molecule has 0 aliphatic rings. The number of methoxy groups -OCH3 is 2. The first-order valence-electron chi connectivity index (χ1n) is 8.86. The Hall–Kier alpha value is -3.46. The highest BCUT2D eigenvalue weighted by molar-refractivity contribution is 5.75. The highest BCUT2D eigenvalue weighted by atomic mass is 16.5. The molecule has 0 spiro atoms. The molecule has 3 heteroatoms. The minimum atomic E-state index is 0.765. The molecule has 0 amide bonds. The summed E-state index contributed by atoms with van der Waals surface area (Å²) in [6, 6.07) is 28.8. The summed E-state index contributed by atoms with van der Waals surface area (Å²) in [5.74, 6) is 1.53. The monoisotopic (exact) mass is 355 g/mol. The van der Waals surface area contributed by atoms with Crippen LogP contribution in [0.2, 0.25) is 0 Å². The van der Waals surface area contributed by atoms with Crippen LogP contribution in [0.5, 0.6) is 11.5 Å². The molecule has 134 valence electrons. The second-order valence-electron chi connectivity index (χ2n) is 6.22. The Balaban J connectivity index is 1.91. The van der Waals surface area contributed by atoms with Crippen molar-refractivity contribution in [3.8, 4) is 39.6 Å². The molecule has 4 rings (SSSR count). The van der Waals surface area contributed by atoms with Crippen molar-refractivity contribution >= 4 is 0 Å². The molecule has 0 bridgehead atoms. The van der Waals surface area contributed by atoms with Crippen molar-refractivity contribution in [2.75, 3.05) is 14.2 Å². The maximum absolute atomic E-state index is 5.76. The average molecular weight is 355 g/mol. The van der Waals surface area contributed by atoms with Crippen molar-refractivity contribution in [1.29, 1.82) is 0 Å². The van der Waals surface area contributed by atoms with Gasteiger partial charge in [0.1, 0.15) is 17.2 Å². The maximum atomic E-state index is 5.76. The van der Waals surface area contributed by atoms with Crippen molar-refractivity contribution in [1.82, 2.24) is 4.57 Å². The van der Waals surface area contributed by atoms with Crippen LogP contribution in [0.3, 0.4) is 0 Å². The minimum absolute atomic E-state index is 0.765. The molecule has 1 heterocycles. The van der Waals surface area contributed by atoms with Crippen molar-refractivity contribution in [2.45, 2.75) is 0 Å². The summed E-state index contributed by atoms with van der Waals surface area (Å²) in [4.78, 5) is 0. The van der Waals surface area contributed by atoms with E-state index in [-0.39, 0.29) is 0 Å². The lowest BCUT2D eigenvalue weighted by Gasteiger charge is -2.18. The van der Waals surface area contributed by atoms with Gasteiger partial charge in [-0.1, -0.05) is 60.7 Å². The van der Waals surface area contributed by atoms with Crippen LogP contribution in [0.25, 0.3) is 28.1 Å². The summed E-state index contributed by atoms with van der Waals surface area (Å²) in [5, 5.41) is 0. The molecule has 4 aromatic rings. The number of nitrogens with zero attached hydrogens (tertiary/aromatic N) is 1. The normalized spacial score (nSPS) is 10.6. The van der Waals surface area contributed by atoms with Crippen LogP contribution in [-0.4, -0.2) is 18.8 Å². The van der Waals surface area contributed by atoms with Crippen LogP contribution in [0.1, 0.15) is 0 Å². The zero-order valence-corrected chi connectivity index (χ0v) is 15.4. The van der Waals surface area contributed by atoms with Crippen molar-refractivity contribution in [3.05, 3.63) is 91.1 Å². The predicted molar refractivity (Wildman–Crippen MR) is 110 cm³/mol. The first kappa shape index (κ1) is 17.0. The van der Waals surface area contributed by atoms with E-state index in [9.17, 15) is 0 Å². The largest absolute Gasteiger partial charge is 0.494 e. The third-order valence-corrected chi connectivity index (χ3v) is 4.65. The quantitative estimate of drug-likeness (QED) is 0.450. The van der Waals surface area contributed by atoms with Gasteiger partial charge in [0.25, 0.3) is 0 Å². The Bertz CT molecular complexity index is 1010. The fourth-order valence-corrected chi connectivity index (χ4v) is 3.35. The highest BCUT2D eigenvalue weighted by Gasteiger charge is 2.18. The molecule has 0 N–H and O–H groups in total. The summed E-state index contributed by atoms with van der Waals surface area (Å²) in [6.45, 7) is 0. The molecule has 3 nitrogen and oxygen atoms in total. The van der Waals surface area contributed by atoms with E-state index in [1.54, 1.807) is 14.2 Å². The van der Waals surface area contributed by atoms with Crippen LogP contribution < -0.4 is 9.47 Å². The molecule has 0 aliphatic heterocycles. The SMILES string of the molecule is COc1cc(-c2ccccc2)cc(OC)c1-n1cccc1-c1ccccc1. The zero-order valence-electron chi connectivity index (χ0n) is 15.4. The van der Waals surface area contributed by atoms with Gasteiger partial charge in [0.15, 0.2) is 0 Å². The van der Waals surface area contributed by atoms with Crippen LogP contribution in [-0.2, 0) is 0 Å². The Morgan fingerprint density at radius 3 is 1.70 bits per heavy atom. The molecular weight excluding hydrogens is 334 g/mol. The predicted octanol–water partition coefficient (Wildman–Crippen LogP) is 5.83. The number of hydrogen-bond acceptors (Lipinski definition) is 2. The van der Waals surface area contributed by atoms with E-state index >= 15 is 0 Å². The van der Waals surface area contributed by atoms with Gasteiger partial charge in [-0.05, 0) is 41.0 Å². The topological polar surface area (TPSA) is 23.4 Å². The highest BCUT2D eigenvalue weighted by Crippen LogP contribution is 2.40. The molecule has 0 saturated carbocycles. The fraction of sp³-hybridized carbons (Fsp3) is 0.0833. The van der Waals surface area contributed by atoms with Gasteiger partial charge >= 0.3 is 0 Å². The van der Waals surface area contributed by atoms with Gasteiger partial charge in [0, 0.05) is 6.20 Å². The number of ether oxygens (including phenoxy) is 2. The summed E-state index contributed by atoms with van der Waals surface area (Å²) in [5.41, 5.74) is 5.29. The Morgan fingerprint density at radius 1 is 0.593 bits per heavy atom. The molecule has 0 saturated heterocycles. The maximum Gasteiger partial charge on any atom is 0.147 e. The molecule has 0 fully saturated rings. The lowest BCUT2D eigenvalue weighted by Crippen LogP contribution is -2.02. The second kappa shape index (κ2) is 7.42. The second-order valence-corrected chi connectivity index (χ2v) is 6.22. The standard InChI is InChI=1S/C24H21NO2/c1-26-22-16-20(18-10-5-3-6-11-18)17-23(27-2)24(22)25-15-9-14-21(25)19-12-7-4-8-13-19/h3-17H,1-2H3. The Kier molecular flexibility index (Phi) is 4.67. The van der Waals surface area contributed by atoms with Crippen LogP contribution in [0.15, 0.2) is 91.1 Å². The molecule has 1 aromatic heterocycles. The Morgan fingerprint density at radius 2 is 1.15 bits per heavy atom. The van der Waals surface area contributed by atoms with Crippen LogP contribution >= 0.6 is 0 Å². The minimum Gasteiger partial charge on any atom is -0.494 e. The first-order chi connectivity index (χ1) is 13.3. The van der Waals surface area contributed by atoms with Gasteiger partial charge in [-0.2, -0.15) is 0 Å². The van der Waals surface area contributed by atoms with Crippen molar-refractivity contribution in [2.24, 2.45) is 0 Å². The third kappa shape index (κ3) is 3.20. The van der Waals surface area contributed by atoms with E-state index in [2.05, 4.69) is 47.0 Å². The van der Waals surface area contributed by atoms with E-state index in [1.165, 1.54) is 0 Å². The van der Waals surface area contributed by atoms with Gasteiger partial charge in [0.05, 0.1) is 19.9 Å². The van der Waals surface area contributed by atoms with Crippen molar-refractivity contribution < 1.29 is 9.47 Å². The smallest absolute Gasteiger partial charge is 0.147 e. The summed E-state index contributed by atoms with van der Waals surface area (Å²) < 4.78 is 13.6. The van der Waals surface area contributed by atoms with Gasteiger partial charge in [0.2, 0.25) is 0 Å². The number of benzene rings is 3. The fourth-order valence-electron chi connectivity index (χ4n) is 3.35. The molecule has 0 atom stereocenters.